The van der Waals surface area contributed by atoms with Gasteiger partial charge < -0.3 is 13.7 Å². The predicted octanol–water partition coefficient (Wildman–Crippen LogP) is 5.64. The molecule has 31 heavy (non-hydrogen) atoms. The first-order valence-electron chi connectivity index (χ1n) is 10.6. The van der Waals surface area contributed by atoms with Gasteiger partial charge in [0.25, 0.3) is 0 Å². The molecule has 2 aliphatic heterocycles. The molecule has 0 aliphatic carbocycles. The average Bonchev–Trinajstić information content (AvgIpc) is 3.35. The molecular formula is C27H19NO3. The van der Waals surface area contributed by atoms with Gasteiger partial charge in [0.1, 0.15) is 17.4 Å². The Kier molecular flexibility index (Phi) is 3.34. The fourth-order valence-corrected chi connectivity index (χ4v) is 5.56. The molecule has 2 aliphatic rings. The van der Waals surface area contributed by atoms with Crippen LogP contribution in [0.15, 0.2) is 94.1 Å². The van der Waals surface area contributed by atoms with Crippen molar-refractivity contribution in [3.8, 4) is 5.75 Å². The SMILES string of the molecule is O=c1oc2ccccc2c2c1[C@H]1c3cc4ccccc4n3C[C@H]1C(c1ccccc1)O2. The number of para-hydroxylation sites is 2. The van der Waals surface area contributed by atoms with Crippen LogP contribution in [0.25, 0.3) is 21.9 Å². The third-order valence-electron chi connectivity index (χ3n) is 6.85. The highest BCUT2D eigenvalue weighted by atomic mass is 16.5. The van der Waals surface area contributed by atoms with Crippen molar-refractivity contribution in [2.24, 2.45) is 5.92 Å². The van der Waals surface area contributed by atoms with Gasteiger partial charge in [0.15, 0.2) is 0 Å². The zero-order chi connectivity index (χ0) is 20.5. The summed E-state index contributed by atoms with van der Waals surface area (Å²) in [5, 5.41) is 2.05. The van der Waals surface area contributed by atoms with Crippen molar-refractivity contribution in [2.75, 3.05) is 0 Å². The highest BCUT2D eigenvalue weighted by molar-refractivity contribution is 5.86. The van der Waals surface area contributed by atoms with Crippen molar-refractivity contribution >= 4 is 21.9 Å². The molecule has 4 heterocycles. The Morgan fingerprint density at radius 3 is 2.55 bits per heavy atom. The molecule has 0 bridgehead atoms. The Morgan fingerprint density at radius 1 is 0.871 bits per heavy atom. The summed E-state index contributed by atoms with van der Waals surface area (Å²) in [4.78, 5) is 13.2. The summed E-state index contributed by atoms with van der Waals surface area (Å²) in [6.07, 6.45) is -0.137. The molecule has 0 radical (unpaired) electrons. The summed E-state index contributed by atoms with van der Waals surface area (Å²) in [6, 6.07) is 28.6. The highest BCUT2D eigenvalue weighted by Gasteiger charge is 2.48. The normalized spacial score (nSPS) is 21.5. The molecule has 3 atom stereocenters. The zero-order valence-corrected chi connectivity index (χ0v) is 16.7. The zero-order valence-electron chi connectivity index (χ0n) is 16.7. The fourth-order valence-electron chi connectivity index (χ4n) is 5.56. The van der Waals surface area contributed by atoms with Crippen LogP contribution < -0.4 is 10.4 Å². The summed E-state index contributed by atoms with van der Waals surface area (Å²) >= 11 is 0. The van der Waals surface area contributed by atoms with E-state index in [2.05, 4.69) is 47.0 Å². The first-order chi connectivity index (χ1) is 15.3. The van der Waals surface area contributed by atoms with Crippen molar-refractivity contribution in [3.05, 3.63) is 112 Å². The van der Waals surface area contributed by atoms with Crippen LogP contribution in [0.1, 0.15) is 28.8 Å². The van der Waals surface area contributed by atoms with Crippen LogP contribution in [0, 0.1) is 5.92 Å². The quantitative estimate of drug-likeness (QED) is 0.339. The van der Waals surface area contributed by atoms with Gasteiger partial charge in [-0.25, -0.2) is 4.79 Å². The lowest BCUT2D eigenvalue weighted by Crippen LogP contribution is -2.32. The Labute approximate surface area is 178 Å². The van der Waals surface area contributed by atoms with Crippen LogP contribution in [0.3, 0.4) is 0 Å². The first-order valence-corrected chi connectivity index (χ1v) is 10.6. The molecule has 0 saturated heterocycles. The number of hydrogen-bond acceptors (Lipinski definition) is 3. The van der Waals surface area contributed by atoms with Crippen LogP contribution in [0.2, 0.25) is 0 Å². The molecule has 4 heteroatoms. The maximum absolute atomic E-state index is 13.2. The minimum atomic E-state index is -0.297. The van der Waals surface area contributed by atoms with Crippen molar-refractivity contribution in [1.82, 2.24) is 4.57 Å². The van der Waals surface area contributed by atoms with E-state index in [9.17, 15) is 4.79 Å². The van der Waals surface area contributed by atoms with Gasteiger partial charge in [-0.3, -0.25) is 0 Å². The molecule has 0 amide bonds. The molecule has 0 N–H and O–H groups in total. The molecular weight excluding hydrogens is 386 g/mol. The standard InChI is InChI=1S/C27H19NO3/c29-27-24-23-19(15-28-20-12-6-4-10-17(20)14-21(23)28)25(16-8-2-1-3-9-16)31-26(24)18-11-5-7-13-22(18)30-27/h1-14,19,23,25H,15H2/t19-,23-,25?/m1/s1. The maximum Gasteiger partial charge on any atom is 0.343 e. The summed E-state index contributed by atoms with van der Waals surface area (Å²) < 4.78 is 14.8. The second kappa shape index (κ2) is 6.11. The third-order valence-corrected chi connectivity index (χ3v) is 6.85. The number of rotatable bonds is 1. The monoisotopic (exact) mass is 405 g/mol. The van der Waals surface area contributed by atoms with Crippen LogP contribution >= 0.6 is 0 Å². The van der Waals surface area contributed by atoms with E-state index in [4.69, 9.17) is 9.15 Å². The number of hydrogen-bond donors (Lipinski definition) is 0. The van der Waals surface area contributed by atoms with Gasteiger partial charge in [-0.15, -0.1) is 0 Å². The summed E-state index contributed by atoms with van der Waals surface area (Å²) in [5.41, 5.74) is 4.42. The van der Waals surface area contributed by atoms with Crippen molar-refractivity contribution in [1.29, 1.82) is 0 Å². The minimum absolute atomic E-state index is 0.0674. The molecule has 0 fully saturated rings. The minimum Gasteiger partial charge on any atom is -0.484 e. The molecule has 150 valence electrons. The van der Waals surface area contributed by atoms with Gasteiger partial charge in [-0.05, 0) is 35.2 Å². The van der Waals surface area contributed by atoms with E-state index >= 15 is 0 Å². The summed E-state index contributed by atoms with van der Waals surface area (Å²) in [7, 11) is 0. The second-order valence-corrected chi connectivity index (χ2v) is 8.46. The first kappa shape index (κ1) is 16.9. The van der Waals surface area contributed by atoms with E-state index < -0.39 is 0 Å². The van der Waals surface area contributed by atoms with Crippen LogP contribution in [-0.4, -0.2) is 4.57 Å². The number of fused-ring (bicyclic) bond motifs is 9. The molecule has 2 aromatic heterocycles. The summed E-state index contributed by atoms with van der Waals surface area (Å²) in [6.45, 7) is 0.804. The van der Waals surface area contributed by atoms with E-state index in [0.717, 1.165) is 17.5 Å². The van der Waals surface area contributed by atoms with Gasteiger partial charge in [0, 0.05) is 29.6 Å². The van der Waals surface area contributed by atoms with Gasteiger partial charge >= 0.3 is 5.63 Å². The van der Waals surface area contributed by atoms with E-state index in [0.29, 0.717) is 16.9 Å². The molecule has 7 rings (SSSR count). The van der Waals surface area contributed by atoms with Gasteiger partial charge in [-0.1, -0.05) is 60.7 Å². The Hall–Kier alpha value is -3.79. The van der Waals surface area contributed by atoms with Crippen molar-refractivity contribution < 1.29 is 9.15 Å². The number of ether oxygens (including phenoxy) is 1. The van der Waals surface area contributed by atoms with E-state index in [1.165, 1.54) is 16.6 Å². The lowest BCUT2D eigenvalue weighted by Gasteiger charge is -2.35. The maximum atomic E-state index is 13.2. The third kappa shape index (κ3) is 2.27. The lowest BCUT2D eigenvalue weighted by atomic mass is 9.78. The smallest absolute Gasteiger partial charge is 0.343 e. The molecule has 0 saturated carbocycles. The van der Waals surface area contributed by atoms with Crippen LogP contribution in [0.4, 0.5) is 0 Å². The predicted molar refractivity (Wildman–Crippen MR) is 120 cm³/mol. The van der Waals surface area contributed by atoms with E-state index in [1.54, 1.807) is 0 Å². The second-order valence-electron chi connectivity index (χ2n) is 8.46. The Balaban J connectivity index is 1.55. The lowest BCUT2D eigenvalue weighted by molar-refractivity contribution is 0.104. The van der Waals surface area contributed by atoms with Gasteiger partial charge in [-0.2, -0.15) is 0 Å². The Bertz CT molecular complexity index is 1530. The largest absolute Gasteiger partial charge is 0.484 e. The molecule has 5 aromatic rings. The van der Waals surface area contributed by atoms with Gasteiger partial charge in [0.2, 0.25) is 0 Å². The van der Waals surface area contributed by atoms with Crippen molar-refractivity contribution in [2.45, 2.75) is 18.6 Å². The topological polar surface area (TPSA) is 44.4 Å². The molecule has 3 aromatic carbocycles. The molecule has 1 unspecified atom stereocenters. The Morgan fingerprint density at radius 2 is 1.65 bits per heavy atom. The molecule has 0 spiro atoms. The molecule has 4 nitrogen and oxygen atoms in total. The van der Waals surface area contributed by atoms with Gasteiger partial charge in [0.05, 0.1) is 10.9 Å². The highest BCUT2D eigenvalue weighted by Crippen LogP contribution is 2.54. The van der Waals surface area contributed by atoms with Crippen LogP contribution in [0.5, 0.6) is 5.75 Å². The summed E-state index contributed by atoms with van der Waals surface area (Å²) in [5.74, 6) is 0.724. The number of aromatic nitrogens is 1. The fraction of sp³-hybridized carbons (Fsp3) is 0.148. The average molecular weight is 405 g/mol. The van der Waals surface area contributed by atoms with E-state index in [-0.39, 0.29) is 23.6 Å². The van der Waals surface area contributed by atoms with E-state index in [1.807, 2.05) is 42.5 Å². The number of benzene rings is 3. The van der Waals surface area contributed by atoms with Crippen LogP contribution in [-0.2, 0) is 6.54 Å². The van der Waals surface area contributed by atoms with Crippen molar-refractivity contribution in [3.63, 3.8) is 0 Å². The number of nitrogens with zero attached hydrogens (tertiary/aromatic N) is 1.